The van der Waals surface area contributed by atoms with Gasteiger partial charge in [0.25, 0.3) is 0 Å². The second-order valence-corrected chi connectivity index (χ2v) is 13.1. The fourth-order valence-electron chi connectivity index (χ4n) is 3.50. The summed E-state index contributed by atoms with van der Waals surface area (Å²) in [4.78, 5) is 0. The van der Waals surface area contributed by atoms with E-state index in [0.717, 1.165) is 11.1 Å². The Hall–Kier alpha value is -0.123. The molecule has 1 nitrogen and oxygen atoms in total. The smallest absolute Gasteiger partial charge is 0.200 e. The molecule has 0 atom stereocenters. The van der Waals surface area contributed by atoms with Gasteiger partial charge in [-0.3, -0.25) is 0 Å². The summed E-state index contributed by atoms with van der Waals surface area (Å²) in [6.07, 6.45) is 0. The highest BCUT2D eigenvalue weighted by Gasteiger charge is 2.44. The van der Waals surface area contributed by atoms with Gasteiger partial charge in [-0.15, -0.1) is 0 Å². The van der Waals surface area contributed by atoms with Crippen molar-refractivity contribution in [3.63, 3.8) is 0 Å². The monoisotopic (exact) mass is 356 g/mol. The molecule has 0 saturated heterocycles. The Kier molecular flexibility index (Phi) is 6.48. The van der Waals surface area contributed by atoms with Crippen LogP contribution in [0.2, 0.25) is 16.6 Å². The molecule has 1 rings (SSSR count). The quantitative estimate of drug-likeness (QED) is 0.532. The zero-order valence-electron chi connectivity index (χ0n) is 14.0. The average molecular weight is 357 g/mol. The average Bonchev–Trinajstić information content (AvgIpc) is 2.32. The first-order chi connectivity index (χ1) is 9.21. The van der Waals surface area contributed by atoms with Crippen LogP contribution in [0.25, 0.3) is 0 Å². The SMILES string of the molecule is Cc1ccc(Br)cc1CO[Si](C(C)C)(C(C)C)C(C)C. The standard InChI is InChI=1S/C17H29BrOSi/c1-12(2)20(13(3)4,14(5)6)19-11-16-10-17(18)9-8-15(16)7/h8-10,12-14H,11H2,1-7H3. The lowest BCUT2D eigenvalue weighted by molar-refractivity contribution is 0.265. The molecule has 0 aliphatic carbocycles. The van der Waals surface area contributed by atoms with Crippen molar-refractivity contribution >= 4 is 24.2 Å². The molecule has 3 heteroatoms. The number of aryl methyl sites for hydroxylation is 1. The molecular weight excluding hydrogens is 328 g/mol. The van der Waals surface area contributed by atoms with Gasteiger partial charge >= 0.3 is 0 Å². The van der Waals surface area contributed by atoms with Crippen molar-refractivity contribution in [1.82, 2.24) is 0 Å². The summed E-state index contributed by atoms with van der Waals surface area (Å²) in [5, 5.41) is 0. The van der Waals surface area contributed by atoms with Gasteiger partial charge in [0.15, 0.2) is 0 Å². The van der Waals surface area contributed by atoms with Crippen molar-refractivity contribution in [3.8, 4) is 0 Å². The summed E-state index contributed by atoms with van der Waals surface area (Å²) >= 11 is 3.56. The van der Waals surface area contributed by atoms with Crippen LogP contribution in [-0.4, -0.2) is 8.32 Å². The van der Waals surface area contributed by atoms with Gasteiger partial charge in [0, 0.05) is 4.47 Å². The van der Waals surface area contributed by atoms with Gasteiger partial charge in [-0.25, -0.2) is 0 Å². The molecular formula is C17H29BrOSi. The lowest BCUT2D eigenvalue weighted by Crippen LogP contribution is -2.47. The fraction of sp³-hybridized carbons (Fsp3) is 0.647. The number of benzene rings is 1. The van der Waals surface area contributed by atoms with E-state index in [-0.39, 0.29) is 0 Å². The van der Waals surface area contributed by atoms with E-state index in [1.807, 2.05) is 0 Å². The van der Waals surface area contributed by atoms with Crippen molar-refractivity contribution in [3.05, 3.63) is 33.8 Å². The molecule has 0 N–H and O–H groups in total. The molecule has 0 radical (unpaired) electrons. The Morgan fingerprint density at radius 1 is 1.00 bits per heavy atom. The summed E-state index contributed by atoms with van der Waals surface area (Å²) in [5.41, 5.74) is 4.52. The summed E-state index contributed by atoms with van der Waals surface area (Å²) in [7, 11) is -1.77. The van der Waals surface area contributed by atoms with Crippen molar-refractivity contribution < 1.29 is 4.43 Å². The van der Waals surface area contributed by atoms with E-state index in [1.165, 1.54) is 11.1 Å². The predicted molar refractivity (Wildman–Crippen MR) is 94.7 cm³/mol. The fourth-order valence-corrected chi connectivity index (χ4v) is 9.31. The van der Waals surface area contributed by atoms with Crippen molar-refractivity contribution in [2.24, 2.45) is 0 Å². The minimum atomic E-state index is -1.77. The Morgan fingerprint density at radius 3 is 1.95 bits per heavy atom. The summed E-state index contributed by atoms with van der Waals surface area (Å²) in [6, 6.07) is 6.44. The predicted octanol–water partition coefficient (Wildman–Crippen LogP) is 6.45. The van der Waals surface area contributed by atoms with Gasteiger partial charge < -0.3 is 4.43 Å². The van der Waals surface area contributed by atoms with Gasteiger partial charge in [0.2, 0.25) is 8.32 Å². The normalized spacial score (nSPS) is 12.8. The van der Waals surface area contributed by atoms with Crippen LogP contribution in [0.3, 0.4) is 0 Å². The maximum atomic E-state index is 6.65. The molecule has 0 amide bonds. The minimum Gasteiger partial charge on any atom is -0.412 e. The lowest BCUT2D eigenvalue weighted by Gasteiger charge is -2.42. The third-order valence-electron chi connectivity index (χ3n) is 4.50. The first kappa shape index (κ1) is 17.9. The third kappa shape index (κ3) is 3.74. The topological polar surface area (TPSA) is 9.23 Å². The van der Waals surface area contributed by atoms with Crippen LogP contribution in [0.15, 0.2) is 22.7 Å². The number of hydrogen-bond acceptors (Lipinski definition) is 1. The van der Waals surface area contributed by atoms with E-state index >= 15 is 0 Å². The van der Waals surface area contributed by atoms with Crippen LogP contribution < -0.4 is 0 Å². The van der Waals surface area contributed by atoms with E-state index in [2.05, 4.69) is 82.6 Å². The highest BCUT2D eigenvalue weighted by molar-refractivity contribution is 9.10. The molecule has 114 valence electrons. The molecule has 0 bridgehead atoms. The first-order valence-electron chi connectivity index (χ1n) is 7.60. The van der Waals surface area contributed by atoms with Crippen molar-refractivity contribution in [2.45, 2.75) is 71.7 Å². The number of hydrogen-bond donors (Lipinski definition) is 0. The second-order valence-electron chi connectivity index (χ2n) is 6.68. The number of halogens is 1. The van der Waals surface area contributed by atoms with Gasteiger partial charge in [0.1, 0.15) is 0 Å². The zero-order valence-corrected chi connectivity index (χ0v) is 16.5. The summed E-state index contributed by atoms with van der Waals surface area (Å²) in [6.45, 7) is 16.9. The molecule has 0 aliphatic rings. The van der Waals surface area contributed by atoms with E-state index < -0.39 is 8.32 Å². The Bertz CT molecular complexity index is 419. The minimum absolute atomic E-state index is 0.634. The molecule has 0 saturated carbocycles. The van der Waals surface area contributed by atoms with Crippen LogP contribution in [0, 0.1) is 6.92 Å². The van der Waals surface area contributed by atoms with E-state index in [1.54, 1.807) is 0 Å². The maximum Gasteiger partial charge on any atom is 0.200 e. The molecule has 0 aliphatic heterocycles. The lowest BCUT2D eigenvalue weighted by atomic mass is 10.1. The van der Waals surface area contributed by atoms with Gasteiger partial charge in [0.05, 0.1) is 6.61 Å². The van der Waals surface area contributed by atoms with Gasteiger partial charge in [-0.05, 0) is 46.8 Å². The van der Waals surface area contributed by atoms with Crippen LogP contribution in [-0.2, 0) is 11.0 Å². The Labute approximate surface area is 134 Å². The first-order valence-corrected chi connectivity index (χ1v) is 10.5. The van der Waals surface area contributed by atoms with E-state index in [9.17, 15) is 0 Å². The molecule has 0 unspecified atom stereocenters. The number of rotatable bonds is 6. The molecule has 0 spiro atoms. The van der Waals surface area contributed by atoms with E-state index in [0.29, 0.717) is 16.6 Å². The molecule has 0 fully saturated rings. The Balaban J connectivity index is 3.00. The van der Waals surface area contributed by atoms with Crippen molar-refractivity contribution in [2.75, 3.05) is 0 Å². The molecule has 1 aromatic carbocycles. The van der Waals surface area contributed by atoms with Crippen LogP contribution in [0.4, 0.5) is 0 Å². The molecule has 0 aromatic heterocycles. The third-order valence-corrected chi connectivity index (χ3v) is 11.0. The van der Waals surface area contributed by atoms with Crippen LogP contribution in [0.5, 0.6) is 0 Å². The van der Waals surface area contributed by atoms with E-state index in [4.69, 9.17) is 4.43 Å². The maximum absolute atomic E-state index is 6.65. The Morgan fingerprint density at radius 2 is 1.50 bits per heavy atom. The molecule has 20 heavy (non-hydrogen) atoms. The highest BCUT2D eigenvalue weighted by atomic mass is 79.9. The summed E-state index contributed by atoms with van der Waals surface area (Å²) in [5.74, 6) is 0. The van der Waals surface area contributed by atoms with Gasteiger partial charge in [-0.1, -0.05) is 63.5 Å². The largest absolute Gasteiger partial charge is 0.412 e. The highest BCUT2D eigenvalue weighted by Crippen LogP contribution is 2.42. The van der Waals surface area contributed by atoms with Crippen LogP contribution in [0.1, 0.15) is 52.7 Å². The molecule has 1 aromatic rings. The van der Waals surface area contributed by atoms with Crippen LogP contribution >= 0.6 is 15.9 Å². The molecule has 0 heterocycles. The van der Waals surface area contributed by atoms with Crippen molar-refractivity contribution in [1.29, 1.82) is 0 Å². The second kappa shape index (κ2) is 7.23. The van der Waals surface area contributed by atoms with Gasteiger partial charge in [-0.2, -0.15) is 0 Å². The summed E-state index contributed by atoms with van der Waals surface area (Å²) < 4.78 is 7.79. The zero-order chi connectivity index (χ0) is 15.5.